The first-order valence-electron chi connectivity index (χ1n) is 16.6. The Bertz CT molecular complexity index is 1990. The molecule has 2 aromatic carbocycles. The van der Waals surface area contributed by atoms with E-state index in [0.717, 1.165) is 25.8 Å². The molecule has 0 radical (unpaired) electrons. The van der Waals surface area contributed by atoms with Crippen LogP contribution in [0.4, 0.5) is 19.0 Å². The fourth-order valence-corrected chi connectivity index (χ4v) is 7.18. The van der Waals surface area contributed by atoms with Gasteiger partial charge >= 0.3 is 12.0 Å². The van der Waals surface area contributed by atoms with Crippen LogP contribution in [0.1, 0.15) is 52.0 Å². The number of esters is 1. The van der Waals surface area contributed by atoms with Crippen LogP contribution in [0.2, 0.25) is 0 Å². The van der Waals surface area contributed by atoms with Gasteiger partial charge in [0.15, 0.2) is 5.82 Å². The third kappa shape index (κ3) is 6.15. The van der Waals surface area contributed by atoms with Crippen molar-refractivity contribution in [2.24, 2.45) is 5.41 Å². The second-order valence-corrected chi connectivity index (χ2v) is 14.1. The predicted molar refractivity (Wildman–Crippen MR) is 179 cm³/mol. The zero-order valence-electron chi connectivity index (χ0n) is 27.8. The molecule has 3 aliphatic rings. The van der Waals surface area contributed by atoms with Gasteiger partial charge in [-0.3, -0.25) is 14.7 Å². The third-order valence-corrected chi connectivity index (χ3v) is 9.66. The molecule has 0 spiro atoms. The van der Waals surface area contributed by atoms with Gasteiger partial charge in [-0.1, -0.05) is 12.0 Å². The largest absolute Gasteiger partial charge is 0.461 e. The van der Waals surface area contributed by atoms with Gasteiger partial charge in [-0.25, -0.2) is 13.2 Å². The molecule has 3 aliphatic heterocycles. The minimum Gasteiger partial charge on any atom is -0.461 e. The number of nitrogens with zero attached hydrogens (tertiary/aromatic N) is 5. The maximum atomic E-state index is 17.1. The number of halogens is 3. The van der Waals surface area contributed by atoms with Crippen LogP contribution in [0.15, 0.2) is 30.5 Å². The summed E-state index contributed by atoms with van der Waals surface area (Å²) in [5.74, 6) is 0.972. The Hall–Kier alpha value is -4.47. The van der Waals surface area contributed by atoms with E-state index >= 15 is 8.78 Å². The maximum Gasteiger partial charge on any atom is 0.319 e. The molecule has 4 aromatic rings. The second-order valence-electron chi connectivity index (χ2n) is 14.1. The van der Waals surface area contributed by atoms with Crippen LogP contribution in [0, 0.1) is 29.4 Å². The Morgan fingerprint density at radius 1 is 1.14 bits per heavy atom. The Morgan fingerprint density at radius 2 is 1.98 bits per heavy atom. The van der Waals surface area contributed by atoms with Crippen molar-refractivity contribution in [1.82, 2.24) is 19.9 Å². The zero-order valence-corrected chi connectivity index (χ0v) is 27.8. The summed E-state index contributed by atoms with van der Waals surface area (Å²) in [4.78, 5) is 30.8. The molecule has 9 nitrogen and oxygen atoms in total. The van der Waals surface area contributed by atoms with Crippen molar-refractivity contribution in [3.05, 3.63) is 47.7 Å². The van der Waals surface area contributed by atoms with Gasteiger partial charge < -0.3 is 19.1 Å². The summed E-state index contributed by atoms with van der Waals surface area (Å²) in [6.45, 7) is 8.62. The number of hydrogen-bond donors (Lipinski definition) is 0. The van der Waals surface area contributed by atoms with E-state index in [1.165, 1.54) is 24.4 Å². The van der Waals surface area contributed by atoms with Gasteiger partial charge in [0.25, 0.3) is 0 Å². The lowest BCUT2D eigenvalue weighted by molar-refractivity contribution is -0.142. The highest BCUT2D eigenvalue weighted by Gasteiger charge is 2.49. The number of anilines is 1. The lowest BCUT2D eigenvalue weighted by Crippen LogP contribution is -2.43. The highest BCUT2D eigenvalue weighted by atomic mass is 19.1. The summed E-state index contributed by atoms with van der Waals surface area (Å²) in [6, 6.07) is 5.67. The molecule has 3 fully saturated rings. The highest BCUT2D eigenvalue weighted by Crippen LogP contribution is 2.42. The molecule has 0 aliphatic carbocycles. The number of pyridine rings is 1. The number of fused-ring (bicyclic) bond motifs is 3. The van der Waals surface area contributed by atoms with Gasteiger partial charge in [0, 0.05) is 49.8 Å². The molecule has 256 valence electrons. The van der Waals surface area contributed by atoms with Gasteiger partial charge in [-0.2, -0.15) is 9.97 Å². The molecule has 2 atom stereocenters. The molecule has 0 amide bonds. The van der Waals surface area contributed by atoms with Crippen LogP contribution in [-0.2, 0) is 9.53 Å². The van der Waals surface area contributed by atoms with Gasteiger partial charge in [0.2, 0.25) is 0 Å². The van der Waals surface area contributed by atoms with Crippen LogP contribution < -0.4 is 14.4 Å². The van der Waals surface area contributed by atoms with E-state index in [2.05, 4.69) is 20.8 Å². The van der Waals surface area contributed by atoms with Crippen molar-refractivity contribution in [3.8, 4) is 35.4 Å². The highest BCUT2D eigenvalue weighted by molar-refractivity contribution is 6.03. The fraction of sp³-hybridized carbons (Fsp3) is 0.459. The van der Waals surface area contributed by atoms with Gasteiger partial charge in [0.1, 0.15) is 41.4 Å². The smallest absolute Gasteiger partial charge is 0.319 e. The summed E-state index contributed by atoms with van der Waals surface area (Å²) >= 11 is 0. The average molecular weight is 674 g/mol. The summed E-state index contributed by atoms with van der Waals surface area (Å²) in [6.07, 6.45) is 9.13. The summed E-state index contributed by atoms with van der Waals surface area (Å²) in [5.41, 5.74) is -1.46. The number of carbonyl (C=O) groups is 1. The van der Waals surface area contributed by atoms with Crippen molar-refractivity contribution < 1.29 is 32.2 Å². The van der Waals surface area contributed by atoms with E-state index in [4.69, 9.17) is 25.6 Å². The van der Waals surface area contributed by atoms with Gasteiger partial charge in [0.05, 0.1) is 28.5 Å². The molecule has 2 aromatic heterocycles. The molecule has 3 saturated heterocycles. The topological polar surface area (TPSA) is 89.9 Å². The number of aromatic nitrogens is 3. The Labute approximate surface area is 282 Å². The summed E-state index contributed by atoms with van der Waals surface area (Å²) < 4.78 is 64.2. The predicted octanol–water partition coefficient (Wildman–Crippen LogP) is 6.24. The monoisotopic (exact) mass is 673 g/mol. The first-order valence-corrected chi connectivity index (χ1v) is 16.6. The van der Waals surface area contributed by atoms with E-state index in [0.29, 0.717) is 55.9 Å². The molecule has 12 heteroatoms. The molecule has 0 N–H and O–H groups in total. The van der Waals surface area contributed by atoms with Crippen LogP contribution >= 0.6 is 0 Å². The van der Waals surface area contributed by atoms with E-state index in [9.17, 15) is 9.18 Å². The lowest BCUT2D eigenvalue weighted by Gasteiger charge is -2.31. The van der Waals surface area contributed by atoms with Gasteiger partial charge in [-0.05, 0) is 70.2 Å². The average Bonchev–Trinajstić information content (AvgIpc) is 3.44. The van der Waals surface area contributed by atoms with E-state index < -0.39 is 34.7 Å². The SMILES string of the molecule is C#Cc1c(F)ccc2cc(OC(=O)C(C)(C)C)cc(-c3ncc4c(N5CCCOCC5)nc(OC[C@@]56CCCN5C[C@H](F)C6)nc4c3F)c12. The summed E-state index contributed by atoms with van der Waals surface area (Å²) in [7, 11) is 0. The number of rotatable bonds is 6. The molecular weight excluding hydrogens is 635 g/mol. The van der Waals surface area contributed by atoms with Gasteiger partial charge in [-0.15, -0.1) is 6.42 Å². The third-order valence-electron chi connectivity index (χ3n) is 9.66. The Balaban J connectivity index is 1.39. The quantitative estimate of drug-likeness (QED) is 0.134. The molecule has 49 heavy (non-hydrogen) atoms. The first-order chi connectivity index (χ1) is 23.5. The Morgan fingerprint density at radius 3 is 2.78 bits per heavy atom. The molecule has 0 unspecified atom stereocenters. The van der Waals surface area contributed by atoms with Crippen LogP contribution in [0.3, 0.4) is 0 Å². The van der Waals surface area contributed by atoms with Crippen LogP contribution in [-0.4, -0.2) is 83.5 Å². The van der Waals surface area contributed by atoms with Crippen molar-refractivity contribution in [2.45, 2.75) is 58.2 Å². The molecule has 7 rings (SSSR count). The number of carbonyl (C=O) groups excluding carboxylic acids is 1. The van der Waals surface area contributed by atoms with Crippen LogP contribution in [0.25, 0.3) is 32.9 Å². The minimum atomic E-state index is -0.939. The van der Waals surface area contributed by atoms with Crippen molar-refractivity contribution in [2.75, 3.05) is 50.9 Å². The number of benzene rings is 2. The first kappa shape index (κ1) is 33.0. The number of hydrogen-bond acceptors (Lipinski definition) is 9. The fourth-order valence-electron chi connectivity index (χ4n) is 7.18. The van der Waals surface area contributed by atoms with Crippen LogP contribution in [0.5, 0.6) is 11.8 Å². The number of alkyl halides is 1. The maximum absolute atomic E-state index is 17.1. The number of terminal acetylenes is 1. The normalized spacial score (nSPS) is 21.5. The van der Waals surface area contributed by atoms with Crippen molar-refractivity contribution >= 4 is 33.5 Å². The summed E-state index contributed by atoms with van der Waals surface area (Å²) in [5, 5.41) is 1.02. The van der Waals surface area contributed by atoms with E-state index in [-0.39, 0.29) is 46.1 Å². The Kier molecular flexibility index (Phi) is 8.61. The molecule has 0 saturated carbocycles. The second kappa shape index (κ2) is 12.8. The standard InChI is InChI=1S/C37H38F3N5O4/c1-5-25-28(39)9-8-22-16-24(49-34(46)36(2,3)4)17-26(29(22)25)31-30(40)32-27(19-41-31)33(44-11-7-14-47-15-13-44)43-35(42-32)48-21-37-10-6-12-45(37)20-23(38)18-37/h1,8-9,16-17,19,23H,6-7,10-15,18,20-21H2,2-4H3/t23-,37+/m1/s1. The van der Waals surface area contributed by atoms with Crippen molar-refractivity contribution in [1.29, 1.82) is 0 Å². The van der Waals surface area contributed by atoms with Crippen molar-refractivity contribution in [3.63, 3.8) is 0 Å². The van der Waals surface area contributed by atoms with E-state index in [1.807, 2.05) is 4.90 Å². The minimum absolute atomic E-state index is 0.0414. The van der Waals surface area contributed by atoms with E-state index in [1.54, 1.807) is 26.8 Å². The number of ether oxygens (including phenoxy) is 3. The molecular formula is C37H38F3N5O4. The molecule has 0 bridgehead atoms. The molecule has 5 heterocycles. The lowest BCUT2D eigenvalue weighted by atomic mass is 9.95. The zero-order chi connectivity index (χ0) is 34.5.